The number of ether oxygens (including phenoxy) is 2. The van der Waals surface area contributed by atoms with E-state index in [0.29, 0.717) is 22.1 Å². The summed E-state index contributed by atoms with van der Waals surface area (Å²) in [5.41, 5.74) is 5.08. The molecule has 0 saturated carbocycles. The molecule has 3 aromatic carbocycles. The molecule has 0 spiro atoms. The van der Waals surface area contributed by atoms with E-state index in [4.69, 9.17) is 21.1 Å². The molecule has 0 unspecified atom stereocenters. The van der Waals surface area contributed by atoms with Gasteiger partial charge in [-0.25, -0.2) is 0 Å². The van der Waals surface area contributed by atoms with Crippen LogP contribution in [0.5, 0.6) is 11.5 Å². The third-order valence-electron chi connectivity index (χ3n) is 7.23. The normalized spacial score (nSPS) is 26.0. The number of carbonyl (C=O) groups is 2. The summed E-state index contributed by atoms with van der Waals surface area (Å²) in [6.45, 7) is 0.128. The van der Waals surface area contributed by atoms with Gasteiger partial charge in [-0.2, -0.15) is 10.1 Å². The number of amides is 2. The molecule has 7 heteroatoms. The summed E-state index contributed by atoms with van der Waals surface area (Å²) in [5.74, 6) is -0.653. The summed E-state index contributed by atoms with van der Waals surface area (Å²) in [5, 5.41) is 5.75. The van der Waals surface area contributed by atoms with E-state index in [1.165, 1.54) is 6.21 Å². The molecule has 2 bridgehead atoms. The lowest BCUT2D eigenvalue weighted by Crippen LogP contribution is -2.41. The smallest absolute Gasteiger partial charge is 0.254 e. The molecule has 3 aromatic rings. The molecule has 5 aliphatic rings. The summed E-state index contributed by atoms with van der Waals surface area (Å²) in [6, 6.07) is 19.6. The van der Waals surface area contributed by atoms with E-state index in [-0.39, 0.29) is 30.4 Å². The first-order valence-corrected chi connectivity index (χ1v) is 11.2. The van der Waals surface area contributed by atoms with Crippen LogP contribution in [0.25, 0.3) is 0 Å². The molecule has 0 aromatic heterocycles. The quantitative estimate of drug-likeness (QED) is 0.426. The van der Waals surface area contributed by atoms with Crippen LogP contribution in [0, 0.1) is 11.8 Å². The fraction of sp³-hybridized carbons (Fsp3) is 0.192. The highest BCUT2D eigenvalue weighted by Crippen LogP contribution is 2.61. The molecule has 6 nitrogen and oxygen atoms in total. The zero-order valence-corrected chi connectivity index (χ0v) is 18.0. The molecule has 3 aliphatic carbocycles. The van der Waals surface area contributed by atoms with Gasteiger partial charge in [-0.3, -0.25) is 9.59 Å². The van der Waals surface area contributed by atoms with Crippen molar-refractivity contribution in [1.29, 1.82) is 0 Å². The fourth-order valence-electron chi connectivity index (χ4n) is 5.93. The number of carbonyl (C=O) groups excluding carboxylic acids is 2. The molecule has 2 aliphatic heterocycles. The van der Waals surface area contributed by atoms with Crippen LogP contribution in [-0.4, -0.2) is 29.8 Å². The fourth-order valence-corrected chi connectivity index (χ4v) is 6.13. The van der Waals surface area contributed by atoms with Gasteiger partial charge >= 0.3 is 0 Å². The molecule has 2 atom stereocenters. The topological polar surface area (TPSA) is 68.2 Å². The van der Waals surface area contributed by atoms with Crippen LogP contribution in [0.15, 0.2) is 65.8 Å². The maximum Gasteiger partial charge on any atom is 0.254 e. The number of fused-ring (bicyclic) bond motifs is 1. The number of benzene rings is 3. The number of hydrogen-bond acceptors (Lipinski definition) is 5. The Balaban J connectivity index is 1.30. The summed E-state index contributed by atoms with van der Waals surface area (Å²) in [7, 11) is 0. The van der Waals surface area contributed by atoms with Gasteiger partial charge in [0.15, 0.2) is 11.5 Å². The van der Waals surface area contributed by atoms with Crippen LogP contribution < -0.4 is 9.47 Å². The van der Waals surface area contributed by atoms with Crippen molar-refractivity contribution >= 4 is 29.6 Å². The first-order chi connectivity index (χ1) is 16.1. The number of halogens is 1. The van der Waals surface area contributed by atoms with Gasteiger partial charge < -0.3 is 9.47 Å². The van der Waals surface area contributed by atoms with E-state index in [0.717, 1.165) is 27.3 Å². The average molecular weight is 457 g/mol. The van der Waals surface area contributed by atoms with Gasteiger partial charge in [0, 0.05) is 23.5 Å². The monoisotopic (exact) mass is 456 g/mol. The molecule has 1 saturated heterocycles. The minimum atomic E-state index is -0.461. The van der Waals surface area contributed by atoms with Crippen molar-refractivity contribution in [2.75, 3.05) is 6.79 Å². The van der Waals surface area contributed by atoms with Crippen molar-refractivity contribution in [2.24, 2.45) is 16.9 Å². The Morgan fingerprint density at radius 1 is 0.818 bits per heavy atom. The van der Waals surface area contributed by atoms with Gasteiger partial charge in [0.05, 0.1) is 23.1 Å². The number of hydrazone groups is 1. The van der Waals surface area contributed by atoms with Crippen LogP contribution in [0.3, 0.4) is 0 Å². The third-order valence-corrected chi connectivity index (χ3v) is 7.56. The third kappa shape index (κ3) is 2.47. The Kier molecular flexibility index (Phi) is 3.82. The standard InChI is InChI=1S/C26H17ClN2O4/c27-18-10-20-19(32-12-33-20)9-13(18)11-28-29-25(30)23-21-14-5-1-2-6-15(14)22(24(23)26(29)31)17-8-4-3-7-16(17)21/h1-11,21-24H,12H2/b28-11-/t21?,22?,23-,24-/m0/s1. The van der Waals surface area contributed by atoms with E-state index in [2.05, 4.69) is 29.4 Å². The Labute approximate surface area is 194 Å². The maximum absolute atomic E-state index is 13.6. The van der Waals surface area contributed by atoms with E-state index >= 15 is 0 Å². The Morgan fingerprint density at radius 3 is 1.82 bits per heavy atom. The number of hydrogen-bond donors (Lipinski definition) is 0. The summed E-state index contributed by atoms with van der Waals surface area (Å²) >= 11 is 6.35. The van der Waals surface area contributed by atoms with Crippen molar-refractivity contribution in [3.63, 3.8) is 0 Å². The second kappa shape index (κ2) is 6.68. The first kappa shape index (κ1) is 18.9. The number of rotatable bonds is 2. The lowest BCUT2D eigenvalue weighted by molar-refractivity contribution is -0.139. The van der Waals surface area contributed by atoms with Crippen LogP contribution in [-0.2, 0) is 9.59 Å². The SMILES string of the molecule is O=C1[C@H]2C3c4ccccc4C(c4ccccc43)[C@@H]2C(=O)N1/N=C\c1cc2c(cc1Cl)OCO2. The van der Waals surface area contributed by atoms with Gasteiger partial charge in [-0.15, -0.1) is 0 Å². The van der Waals surface area contributed by atoms with Crippen molar-refractivity contribution < 1.29 is 19.1 Å². The predicted octanol–water partition coefficient (Wildman–Crippen LogP) is 4.29. The minimum Gasteiger partial charge on any atom is -0.454 e. The van der Waals surface area contributed by atoms with Crippen molar-refractivity contribution in [1.82, 2.24) is 5.01 Å². The van der Waals surface area contributed by atoms with E-state index in [1.54, 1.807) is 12.1 Å². The Morgan fingerprint density at radius 2 is 1.30 bits per heavy atom. The summed E-state index contributed by atoms with van der Waals surface area (Å²) in [6.07, 6.45) is 1.44. The predicted molar refractivity (Wildman–Crippen MR) is 121 cm³/mol. The van der Waals surface area contributed by atoms with Gasteiger partial charge in [-0.1, -0.05) is 60.1 Å². The highest BCUT2D eigenvalue weighted by atomic mass is 35.5. The minimum absolute atomic E-state index is 0.128. The van der Waals surface area contributed by atoms with Gasteiger partial charge in [0.2, 0.25) is 6.79 Å². The molecule has 2 heterocycles. The maximum atomic E-state index is 13.6. The number of nitrogens with zero attached hydrogens (tertiary/aromatic N) is 2. The lowest BCUT2D eigenvalue weighted by Gasteiger charge is -2.45. The molecule has 2 amide bonds. The molecule has 162 valence electrons. The molecule has 33 heavy (non-hydrogen) atoms. The highest BCUT2D eigenvalue weighted by molar-refractivity contribution is 6.33. The van der Waals surface area contributed by atoms with Gasteiger partial charge in [0.25, 0.3) is 11.8 Å². The Hall–Kier alpha value is -3.64. The van der Waals surface area contributed by atoms with E-state index in [1.807, 2.05) is 24.3 Å². The van der Waals surface area contributed by atoms with E-state index in [9.17, 15) is 9.59 Å². The van der Waals surface area contributed by atoms with Crippen LogP contribution in [0.1, 0.15) is 39.7 Å². The van der Waals surface area contributed by atoms with Crippen LogP contribution in [0.4, 0.5) is 0 Å². The number of imide groups is 1. The van der Waals surface area contributed by atoms with E-state index < -0.39 is 11.8 Å². The lowest BCUT2D eigenvalue weighted by atomic mass is 9.55. The van der Waals surface area contributed by atoms with Crippen molar-refractivity contribution in [3.8, 4) is 11.5 Å². The van der Waals surface area contributed by atoms with Gasteiger partial charge in [-0.05, 0) is 28.3 Å². The molecular weight excluding hydrogens is 440 g/mol. The first-order valence-electron chi connectivity index (χ1n) is 10.8. The molecule has 1 fully saturated rings. The van der Waals surface area contributed by atoms with Crippen molar-refractivity contribution in [3.05, 3.63) is 93.5 Å². The Bertz CT molecular complexity index is 1290. The highest BCUT2D eigenvalue weighted by Gasteiger charge is 2.61. The average Bonchev–Trinajstić information content (AvgIpc) is 3.39. The second-order valence-electron chi connectivity index (χ2n) is 8.72. The molecule has 8 rings (SSSR count). The zero-order valence-electron chi connectivity index (χ0n) is 17.3. The largest absolute Gasteiger partial charge is 0.454 e. The molecule has 0 radical (unpaired) electrons. The summed E-state index contributed by atoms with van der Waals surface area (Å²) < 4.78 is 10.7. The van der Waals surface area contributed by atoms with Crippen LogP contribution in [0.2, 0.25) is 5.02 Å². The summed E-state index contributed by atoms with van der Waals surface area (Å²) in [4.78, 5) is 27.1. The second-order valence-corrected chi connectivity index (χ2v) is 9.13. The van der Waals surface area contributed by atoms with Gasteiger partial charge in [0.1, 0.15) is 0 Å². The van der Waals surface area contributed by atoms with Crippen LogP contribution >= 0.6 is 11.6 Å². The molecular formula is C26H17ClN2O4. The van der Waals surface area contributed by atoms with Crippen molar-refractivity contribution in [2.45, 2.75) is 11.8 Å². The molecule has 0 N–H and O–H groups in total. The zero-order chi connectivity index (χ0) is 22.3.